The first-order valence-electron chi connectivity index (χ1n) is 4.43. The van der Waals surface area contributed by atoms with Crippen molar-refractivity contribution >= 4 is 42.6 Å². The first-order valence-corrected chi connectivity index (χ1v) is 6.01. The quantitative estimate of drug-likeness (QED) is 0.735. The fourth-order valence-electron chi connectivity index (χ4n) is 1.46. The molecule has 4 heteroatoms. The third kappa shape index (κ3) is 1.88. The summed E-state index contributed by atoms with van der Waals surface area (Å²) in [6, 6.07) is 5.94. The third-order valence-electron chi connectivity index (χ3n) is 2.27. The van der Waals surface area contributed by atoms with Gasteiger partial charge in [-0.05, 0) is 57.0 Å². The number of nitrogens with zero attached hydrogens (tertiary/aromatic N) is 1. The fraction of sp³-hybridized carbons (Fsp3) is 0.182. The van der Waals surface area contributed by atoms with Gasteiger partial charge in [0, 0.05) is 15.2 Å². The Bertz CT molecular complexity index is 525. The monoisotopic (exact) mass is 329 g/mol. The van der Waals surface area contributed by atoms with Crippen molar-refractivity contribution in [3.05, 3.63) is 33.0 Å². The number of hydrogen-bond donors (Lipinski definition) is 0. The summed E-state index contributed by atoms with van der Waals surface area (Å²) >= 11 is 6.99. The van der Waals surface area contributed by atoms with Crippen LogP contribution in [0, 0.1) is 6.92 Å². The predicted molar refractivity (Wildman–Crippen MR) is 68.4 cm³/mol. The summed E-state index contributed by atoms with van der Waals surface area (Å²) in [5.74, 6) is 0.834. The normalized spacial score (nSPS) is 10.7. The lowest BCUT2D eigenvalue weighted by molar-refractivity contribution is 0.415. The largest absolute Gasteiger partial charge is 0.497 e. The Labute approximate surface area is 105 Å². The number of methoxy groups -OCH3 is 1. The van der Waals surface area contributed by atoms with Gasteiger partial charge >= 0.3 is 0 Å². The molecular weight excluding hydrogens is 322 g/mol. The van der Waals surface area contributed by atoms with Crippen LogP contribution in [0.5, 0.6) is 5.75 Å². The van der Waals surface area contributed by atoms with Crippen LogP contribution in [0.15, 0.2) is 27.3 Å². The van der Waals surface area contributed by atoms with Gasteiger partial charge in [-0.15, -0.1) is 0 Å². The lowest BCUT2D eigenvalue weighted by Crippen LogP contribution is -1.89. The molecular formula is C11H9Br2NO. The van der Waals surface area contributed by atoms with Crippen molar-refractivity contribution in [3.63, 3.8) is 0 Å². The summed E-state index contributed by atoms with van der Waals surface area (Å²) in [6.45, 7) is 1.97. The Morgan fingerprint density at radius 3 is 2.60 bits per heavy atom. The summed E-state index contributed by atoms with van der Waals surface area (Å²) in [6.07, 6.45) is 0. The first kappa shape index (κ1) is 10.9. The minimum absolute atomic E-state index is 0.834. The molecule has 0 bridgehead atoms. The molecule has 1 aromatic heterocycles. The van der Waals surface area contributed by atoms with Gasteiger partial charge < -0.3 is 4.74 Å². The SMILES string of the molecule is COc1ccc2c(Br)c(C)nc(Br)c2c1. The van der Waals surface area contributed by atoms with Gasteiger partial charge in [-0.2, -0.15) is 0 Å². The number of pyridine rings is 1. The van der Waals surface area contributed by atoms with E-state index in [1.807, 2.05) is 25.1 Å². The van der Waals surface area contributed by atoms with Crippen molar-refractivity contribution in [2.45, 2.75) is 6.92 Å². The Kier molecular flexibility index (Phi) is 2.98. The number of aryl methyl sites for hydroxylation is 1. The number of ether oxygens (including phenoxy) is 1. The second-order valence-corrected chi connectivity index (χ2v) is 4.76. The van der Waals surface area contributed by atoms with Crippen molar-refractivity contribution in [1.82, 2.24) is 4.98 Å². The lowest BCUT2D eigenvalue weighted by atomic mass is 10.1. The molecule has 1 aromatic carbocycles. The molecule has 0 fully saturated rings. The van der Waals surface area contributed by atoms with Crippen LogP contribution in [0.3, 0.4) is 0 Å². The van der Waals surface area contributed by atoms with E-state index < -0.39 is 0 Å². The summed E-state index contributed by atoms with van der Waals surface area (Å²) < 4.78 is 7.06. The molecule has 0 aliphatic heterocycles. The van der Waals surface area contributed by atoms with Crippen LogP contribution in [0.4, 0.5) is 0 Å². The molecule has 0 spiro atoms. The molecule has 0 N–H and O–H groups in total. The molecule has 2 rings (SSSR count). The highest BCUT2D eigenvalue weighted by molar-refractivity contribution is 9.11. The van der Waals surface area contributed by atoms with E-state index in [1.54, 1.807) is 7.11 Å². The molecule has 78 valence electrons. The maximum atomic E-state index is 5.18. The number of halogens is 2. The number of hydrogen-bond acceptors (Lipinski definition) is 2. The van der Waals surface area contributed by atoms with Crippen molar-refractivity contribution in [2.24, 2.45) is 0 Å². The van der Waals surface area contributed by atoms with E-state index in [0.29, 0.717) is 0 Å². The van der Waals surface area contributed by atoms with Gasteiger partial charge in [-0.1, -0.05) is 0 Å². The van der Waals surface area contributed by atoms with Crippen LogP contribution in [-0.4, -0.2) is 12.1 Å². The topological polar surface area (TPSA) is 22.1 Å². The highest BCUT2D eigenvalue weighted by Gasteiger charge is 2.08. The van der Waals surface area contributed by atoms with E-state index >= 15 is 0 Å². The van der Waals surface area contributed by atoms with Crippen LogP contribution < -0.4 is 4.74 Å². The molecule has 0 radical (unpaired) electrons. The summed E-state index contributed by atoms with van der Waals surface area (Å²) in [5.41, 5.74) is 0.972. The second kappa shape index (κ2) is 4.10. The van der Waals surface area contributed by atoms with E-state index in [-0.39, 0.29) is 0 Å². The zero-order chi connectivity index (χ0) is 11.0. The summed E-state index contributed by atoms with van der Waals surface area (Å²) in [4.78, 5) is 4.39. The van der Waals surface area contributed by atoms with Crippen LogP contribution in [-0.2, 0) is 0 Å². The minimum atomic E-state index is 0.834. The lowest BCUT2D eigenvalue weighted by Gasteiger charge is -2.07. The maximum Gasteiger partial charge on any atom is 0.119 e. The highest BCUT2D eigenvalue weighted by Crippen LogP contribution is 2.33. The molecule has 0 aliphatic rings. The summed E-state index contributed by atoms with van der Waals surface area (Å²) in [7, 11) is 1.66. The molecule has 2 nitrogen and oxygen atoms in total. The van der Waals surface area contributed by atoms with E-state index in [1.165, 1.54) is 0 Å². The molecule has 0 saturated carbocycles. The van der Waals surface area contributed by atoms with Gasteiger partial charge in [0.1, 0.15) is 10.4 Å². The third-order valence-corrected chi connectivity index (χ3v) is 3.87. The number of aromatic nitrogens is 1. The molecule has 15 heavy (non-hydrogen) atoms. The number of benzene rings is 1. The first-order chi connectivity index (χ1) is 7.13. The minimum Gasteiger partial charge on any atom is -0.497 e. The van der Waals surface area contributed by atoms with Gasteiger partial charge in [0.15, 0.2) is 0 Å². The van der Waals surface area contributed by atoms with Gasteiger partial charge in [0.25, 0.3) is 0 Å². The zero-order valence-electron chi connectivity index (χ0n) is 8.34. The smallest absolute Gasteiger partial charge is 0.119 e. The van der Waals surface area contributed by atoms with Gasteiger partial charge in [0.2, 0.25) is 0 Å². The van der Waals surface area contributed by atoms with Crippen LogP contribution >= 0.6 is 31.9 Å². The van der Waals surface area contributed by atoms with E-state index in [9.17, 15) is 0 Å². The molecule has 0 unspecified atom stereocenters. The molecule has 0 atom stereocenters. The average Bonchev–Trinajstić information content (AvgIpc) is 2.25. The Morgan fingerprint density at radius 1 is 1.20 bits per heavy atom. The standard InChI is InChI=1S/C11H9Br2NO/c1-6-10(12)8-4-3-7(15-2)5-9(8)11(13)14-6/h3-5H,1-2H3. The average molecular weight is 331 g/mol. The van der Waals surface area contributed by atoms with E-state index in [4.69, 9.17) is 4.74 Å². The zero-order valence-corrected chi connectivity index (χ0v) is 11.5. The van der Waals surface area contributed by atoms with Crippen LogP contribution in [0.1, 0.15) is 5.69 Å². The van der Waals surface area contributed by atoms with Gasteiger partial charge in [0.05, 0.1) is 12.8 Å². The van der Waals surface area contributed by atoms with E-state index in [0.717, 1.165) is 31.3 Å². The Hall–Kier alpha value is -0.610. The highest BCUT2D eigenvalue weighted by atomic mass is 79.9. The second-order valence-electron chi connectivity index (χ2n) is 3.21. The van der Waals surface area contributed by atoms with Crippen molar-refractivity contribution < 1.29 is 4.74 Å². The van der Waals surface area contributed by atoms with Crippen LogP contribution in [0.25, 0.3) is 10.8 Å². The van der Waals surface area contributed by atoms with Crippen molar-refractivity contribution in [1.29, 1.82) is 0 Å². The number of fused-ring (bicyclic) bond motifs is 1. The van der Waals surface area contributed by atoms with Crippen LogP contribution in [0.2, 0.25) is 0 Å². The predicted octanol–water partition coefficient (Wildman–Crippen LogP) is 4.08. The molecule has 0 amide bonds. The maximum absolute atomic E-state index is 5.18. The number of rotatable bonds is 1. The molecule has 2 aromatic rings. The summed E-state index contributed by atoms with van der Waals surface area (Å²) in [5, 5.41) is 2.18. The van der Waals surface area contributed by atoms with Crippen molar-refractivity contribution in [3.8, 4) is 5.75 Å². The van der Waals surface area contributed by atoms with Gasteiger partial charge in [-0.3, -0.25) is 0 Å². The van der Waals surface area contributed by atoms with E-state index in [2.05, 4.69) is 36.8 Å². The molecule has 0 aliphatic carbocycles. The molecule has 1 heterocycles. The molecule has 0 saturated heterocycles. The Morgan fingerprint density at radius 2 is 1.93 bits per heavy atom. The van der Waals surface area contributed by atoms with Crippen molar-refractivity contribution in [2.75, 3.05) is 7.11 Å². The Balaban J connectivity index is 2.84. The fourth-order valence-corrected chi connectivity index (χ4v) is 2.49. The van der Waals surface area contributed by atoms with Gasteiger partial charge in [-0.25, -0.2) is 4.98 Å².